The van der Waals surface area contributed by atoms with Gasteiger partial charge in [-0.05, 0) is 57.4 Å². The molecule has 1 amide bonds. The van der Waals surface area contributed by atoms with Crippen LogP contribution in [-0.4, -0.2) is 35.7 Å². The van der Waals surface area contributed by atoms with Crippen LogP contribution in [0.4, 0.5) is 5.69 Å². The van der Waals surface area contributed by atoms with Crippen molar-refractivity contribution in [1.82, 2.24) is 14.3 Å². The number of amides is 1. The first kappa shape index (κ1) is 22.1. The van der Waals surface area contributed by atoms with Crippen LogP contribution in [0.2, 0.25) is 0 Å². The number of carbonyl (C=O) groups excluding carboxylic acids is 1. The highest BCUT2D eigenvalue weighted by Gasteiger charge is 2.23. The average Bonchev–Trinajstić information content (AvgIpc) is 3.11. The molecular weight excluding hydrogens is 420 g/mol. The number of hydrogen-bond donors (Lipinski definition) is 2. The van der Waals surface area contributed by atoms with Crippen LogP contribution in [0, 0.1) is 0 Å². The minimum Gasteiger partial charge on any atom is -0.321 e. The van der Waals surface area contributed by atoms with Gasteiger partial charge in [0.25, 0.3) is 5.91 Å². The molecule has 0 aliphatic carbocycles. The number of benzene rings is 2. The molecule has 2 aromatic carbocycles. The number of aromatic nitrogens is 2. The minimum absolute atomic E-state index is 0.0802. The molecule has 9 heteroatoms. The fourth-order valence-corrected chi connectivity index (χ4v) is 4.87. The quantitative estimate of drug-likeness (QED) is 0.562. The Morgan fingerprint density at radius 2 is 1.77 bits per heavy atom. The molecule has 3 rings (SSSR count). The molecule has 0 aliphatic heterocycles. The lowest BCUT2D eigenvalue weighted by Crippen LogP contribution is -2.40. The summed E-state index contributed by atoms with van der Waals surface area (Å²) in [6.45, 7) is 5.30. The van der Waals surface area contributed by atoms with E-state index in [4.69, 9.17) is 0 Å². The van der Waals surface area contributed by atoms with E-state index in [1.165, 1.54) is 30.1 Å². The van der Waals surface area contributed by atoms with Crippen molar-refractivity contribution in [3.8, 4) is 5.69 Å². The molecule has 1 aromatic heterocycles. The predicted molar refractivity (Wildman–Crippen MR) is 120 cm³/mol. The van der Waals surface area contributed by atoms with E-state index in [-0.39, 0.29) is 10.8 Å². The highest BCUT2D eigenvalue weighted by molar-refractivity contribution is 7.98. The minimum atomic E-state index is -3.71. The SMILES string of the molecule is CSc1ncc(C(=O)Nc2cccc(S(=O)(=O)NC(C)(C)C)c2)n1-c1ccccc1. The molecular formula is C21H24N4O3S2. The summed E-state index contributed by atoms with van der Waals surface area (Å²) in [7, 11) is -3.71. The Morgan fingerprint density at radius 3 is 2.40 bits per heavy atom. The maximum atomic E-state index is 13.0. The highest BCUT2D eigenvalue weighted by atomic mass is 32.2. The Morgan fingerprint density at radius 1 is 1.07 bits per heavy atom. The van der Waals surface area contributed by atoms with Crippen molar-refractivity contribution in [3.05, 3.63) is 66.5 Å². The zero-order valence-electron chi connectivity index (χ0n) is 17.2. The van der Waals surface area contributed by atoms with Crippen molar-refractivity contribution in [1.29, 1.82) is 0 Å². The number of thioether (sulfide) groups is 1. The summed E-state index contributed by atoms with van der Waals surface area (Å²) in [5.41, 5.74) is 0.930. The second-order valence-electron chi connectivity index (χ2n) is 7.64. The summed E-state index contributed by atoms with van der Waals surface area (Å²) >= 11 is 1.43. The second kappa shape index (κ2) is 8.63. The molecule has 0 unspecified atom stereocenters. The number of nitrogens with one attached hydrogen (secondary N) is 2. The third kappa shape index (κ3) is 5.10. The van der Waals surface area contributed by atoms with Gasteiger partial charge in [-0.3, -0.25) is 9.36 Å². The van der Waals surface area contributed by atoms with Gasteiger partial charge in [-0.25, -0.2) is 18.1 Å². The third-order valence-electron chi connectivity index (χ3n) is 4.00. The number of anilines is 1. The summed E-state index contributed by atoms with van der Waals surface area (Å²) in [6, 6.07) is 15.6. The predicted octanol–water partition coefficient (Wildman–Crippen LogP) is 3.92. The highest BCUT2D eigenvalue weighted by Crippen LogP contribution is 2.23. The normalized spacial score (nSPS) is 12.0. The van der Waals surface area contributed by atoms with Crippen LogP contribution in [-0.2, 0) is 10.0 Å². The number of para-hydroxylation sites is 1. The van der Waals surface area contributed by atoms with E-state index in [1.807, 2.05) is 36.6 Å². The molecule has 0 aliphatic rings. The number of imidazole rings is 1. The maximum Gasteiger partial charge on any atom is 0.274 e. The van der Waals surface area contributed by atoms with Gasteiger partial charge >= 0.3 is 0 Å². The Hall–Kier alpha value is -2.62. The lowest BCUT2D eigenvalue weighted by Gasteiger charge is -2.20. The van der Waals surface area contributed by atoms with Gasteiger partial charge in [0.15, 0.2) is 5.16 Å². The molecule has 158 valence electrons. The Kier molecular flexibility index (Phi) is 6.35. The second-order valence-corrected chi connectivity index (χ2v) is 10.1. The molecule has 0 spiro atoms. The Labute approximate surface area is 181 Å². The van der Waals surface area contributed by atoms with Gasteiger partial charge in [-0.1, -0.05) is 36.0 Å². The fourth-order valence-electron chi connectivity index (χ4n) is 2.86. The van der Waals surface area contributed by atoms with E-state index in [1.54, 1.807) is 37.5 Å². The number of nitrogens with zero attached hydrogens (tertiary/aromatic N) is 2. The van der Waals surface area contributed by atoms with Gasteiger partial charge in [0.2, 0.25) is 10.0 Å². The van der Waals surface area contributed by atoms with Gasteiger partial charge in [0.1, 0.15) is 5.69 Å². The van der Waals surface area contributed by atoms with E-state index < -0.39 is 15.6 Å². The summed E-state index contributed by atoms with van der Waals surface area (Å²) in [6.07, 6.45) is 3.40. The molecule has 0 radical (unpaired) electrons. The van der Waals surface area contributed by atoms with Crippen molar-refractivity contribution >= 4 is 33.4 Å². The standard InChI is InChI=1S/C21H24N4O3S2/c1-21(2,3)24-30(27,28)17-12-8-9-15(13-17)23-19(26)18-14-22-20(29-4)25(18)16-10-6-5-7-11-16/h5-14,24H,1-4H3,(H,23,26). The number of sulfonamides is 1. The first-order valence-corrected chi connectivity index (χ1v) is 11.9. The molecule has 7 nitrogen and oxygen atoms in total. The molecule has 0 saturated heterocycles. The van der Waals surface area contributed by atoms with Gasteiger partial charge in [-0.15, -0.1) is 0 Å². The third-order valence-corrected chi connectivity index (χ3v) is 6.41. The van der Waals surface area contributed by atoms with E-state index in [0.717, 1.165) is 5.69 Å². The first-order chi connectivity index (χ1) is 14.1. The monoisotopic (exact) mass is 444 g/mol. The molecule has 2 N–H and O–H groups in total. The molecule has 0 bridgehead atoms. The molecule has 3 aromatic rings. The van der Waals surface area contributed by atoms with E-state index in [0.29, 0.717) is 16.5 Å². The van der Waals surface area contributed by atoms with Crippen LogP contribution >= 0.6 is 11.8 Å². The van der Waals surface area contributed by atoms with Crippen molar-refractivity contribution in [2.45, 2.75) is 36.4 Å². The summed E-state index contributed by atoms with van der Waals surface area (Å²) in [4.78, 5) is 17.4. The zero-order chi connectivity index (χ0) is 21.9. The van der Waals surface area contributed by atoms with Gasteiger partial charge in [0, 0.05) is 16.9 Å². The lowest BCUT2D eigenvalue weighted by molar-refractivity contribution is 0.102. The largest absolute Gasteiger partial charge is 0.321 e. The zero-order valence-corrected chi connectivity index (χ0v) is 18.8. The smallest absolute Gasteiger partial charge is 0.274 e. The number of hydrogen-bond acceptors (Lipinski definition) is 5. The van der Waals surface area contributed by atoms with Crippen molar-refractivity contribution in [2.24, 2.45) is 0 Å². The van der Waals surface area contributed by atoms with Crippen LogP contribution in [0.5, 0.6) is 0 Å². The van der Waals surface area contributed by atoms with E-state index in [2.05, 4.69) is 15.0 Å². The molecule has 0 atom stereocenters. The molecule has 30 heavy (non-hydrogen) atoms. The van der Waals surface area contributed by atoms with E-state index >= 15 is 0 Å². The molecule has 0 saturated carbocycles. The molecule has 0 fully saturated rings. The van der Waals surface area contributed by atoms with Crippen molar-refractivity contribution < 1.29 is 13.2 Å². The Balaban J connectivity index is 1.91. The van der Waals surface area contributed by atoms with Gasteiger partial charge in [-0.2, -0.15) is 0 Å². The van der Waals surface area contributed by atoms with Crippen LogP contribution in [0.1, 0.15) is 31.3 Å². The lowest BCUT2D eigenvalue weighted by atomic mass is 10.1. The van der Waals surface area contributed by atoms with Crippen molar-refractivity contribution in [3.63, 3.8) is 0 Å². The van der Waals surface area contributed by atoms with Gasteiger partial charge in [0.05, 0.1) is 11.1 Å². The summed E-state index contributed by atoms with van der Waals surface area (Å²) in [5.74, 6) is -0.384. The fraction of sp³-hybridized carbons (Fsp3) is 0.238. The number of carbonyl (C=O) groups is 1. The Bertz CT molecular complexity index is 1150. The number of rotatable bonds is 6. The van der Waals surface area contributed by atoms with Crippen LogP contribution in [0.3, 0.4) is 0 Å². The van der Waals surface area contributed by atoms with E-state index in [9.17, 15) is 13.2 Å². The van der Waals surface area contributed by atoms with Crippen LogP contribution < -0.4 is 10.0 Å². The van der Waals surface area contributed by atoms with Crippen molar-refractivity contribution in [2.75, 3.05) is 11.6 Å². The first-order valence-electron chi connectivity index (χ1n) is 9.23. The topological polar surface area (TPSA) is 93.1 Å². The van der Waals surface area contributed by atoms with Crippen LogP contribution in [0.25, 0.3) is 5.69 Å². The van der Waals surface area contributed by atoms with Gasteiger partial charge < -0.3 is 5.32 Å². The molecule has 1 heterocycles. The van der Waals surface area contributed by atoms with Crippen LogP contribution in [0.15, 0.2) is 70.8 Å². The summed E-state index contributed by atoms with van der Waals surface area (Å²) in [5, 5.41) is 3.46. The average molecular weight is 445 g/mol. The summed E-state index contributed by atoms with van der Waals surface area (Å²) < 4.78 is 29.6. The maximum absolute atomic E-state index is 13.0.